The van der Waals surface area contributed by atoms with Gasteiger partial charge in [0.15, 0.2) is 0 Å². The van der Waals surface area contributed by atoms with Gasteiger partial charge in [-0.1, -0.05) is 13.0 Å². The van der Waals surface area contributed by atoms with Gasteiger partial charge in [-0.2, -0.15) is 0 Å². The third kappa shape index (κ3) is 4.12. The molecule has 0 atom stereocenters. The first-order valence-corrected chi connectivity index (χ1v) is 7.41. The molecule has 0 bridgehead atoms. The van der Waals surface area contributed by atoms with Gasteiger partial charge in [0.05, 0.1) is 26.1 Å². The molecule has 23 heavy (non-hydrogen) atoms. The van der Waals surface area contributed by atoms with Crippen molar-refractivity contribution in [3.8, 4) is 11.5 Å². The molecule has 2 aromatic rings. The van der Waals surface area contributed by atoms with Crippen molar-refractivity contribution in [3.05, 3.63) is 42.1 Å². The Morgan fingerprint density at radius 1 is 1.13 bits per heavy atom. The highest BCUT2D eigenvalue weighted by Gasteiger charge is 2.18. The average Bonchev–Trinajstić information content (AvgIpc) is 2.60. The molecule has 0 aliphatic rings. The van der Waals surface area contributed by atoms with Gasteiger partial charge in [-0.25, -0.2) is 4.98 Å². The molecular formula is C17H21N3O3. The standard InChI is InChI=1S/C17H21N3O3/c1-4-10-18-15-9-8-12(11-19-15)20-17(21)16-13(22-2)6-5-7-14(16)23-3/h5-9,11H,4,10H2,1-3H3,(H,18,19)(H,20,21). The lowest BCUT2D eigenvalue weighted by atomic mass is 10.1. The van der Waals surface area contributed by atoms with Crippen LogP contribution in [0.15, 0.2) is 36.5 Å². The van der Waals surface area contributed by atoms with Gasteiger partial charge >= 0.3 is 0 Å². The average molecular weight is 315 g/mol. The Hall–Kier alpha value is -2.76. The predicted molar refractivity (Wildman–Crippen MR) is 90.5 cm³/mol. The SMILES string of the molecule is CCCNc1ccc(NC(=O)c2c(OC)cccc2OC)cn1. The van der Waals surface area contributed by atoms with Crippen LogP contribution >= 0.6 is 0 Å². The fourth-order valence-electron chi connectivity index (χ4n) is 2.09. The van der Waals surface area contributed by atoms with E-state index in [0.29, 0.717) is 22.7 Å². The van der Waals surface area contributed by atoms with E-state index in [1.54, 1.807) is 30.5 Å². The number of hydrogen-bond acceptors (Lipinski definition) is 5. The van der Waals surface area contributed by atoms with Crippen LogP contribution in [0.5, 0.6) is 11.5 Å². The maximum absolute atomic E-state index is 12.5. The van der Waals surface area contributed by atoms with Gasteiger partial charge in [0.1, 0.15) is 22.9 Å². The van der Waals surface area contributed by atoms with Crippen LogP contribution in [-0.4, -0.2) is 31.7 Å². The van der Waals surface area contributed by atoms with Crippen molar-refractivity contribution in [1.29, 1.82) is 0 Å². The van der Waals surface area contributed by atoms with Crippen molar-refractivity contribution in [2.45, 2.75) is 13.3 Å². The van der Waals surface area contributed by atoms with Crippen molar-refractivity contribution in [1.82, 2.24) is 4.98 Å². The molecule has 1 aromatic carbocycles. The first kappa shape index (κ1) is 16.6. The number of amides is 1. The normalized spacial score (nSPS) is 10.0. The number of hydrogen-bond donors (Lipinski definition) is 2. The van der Waals surface area contributed by atoms with Gasteiger partial charge in [0.2, 0.25) is 0 Å². The lowest BCUT2D eigenvalue weighted by Gasteiger charge is -2.13. The number of methoxy groups -OCH3 is 2. The van der Waals surface area contributed by atoms with Crippen molar-refractivity contribution in [3.63, 3.8) is 0 Å². The molecule has 0 radical (unpaired) electrons. The minimum Gasteiger partial charge on any atom is -0.496 e. The summed E-state index contributed by atoms with van der Waals surface area (Å²) in [5.41, 5.74) is 0.954. The van der Waals surface area contributed by atoms with Gasteiger partial charge < -0.3 is 20.1 Å². The van der Waals surface area contributed by atoms with Crippen LogP contribution in [0.3, 0.4) is 0 Å². The van der Waals surface area contributed by atoms with Crippen molar-refractivity contribution < 1.29 is 14.3 Å². The molecule has 0 aliphatic heterocycles. The number of anilines is 2. The van der Waals surface area contributed by atoms with Gasteiger partial charge in [-0.15, -0.1) is 0 Å². The maximum atomic E-state index is 12.5. The molecule has 0 fully saturated rings. The first-order chi connectivity index (χ1) is 11.2. The lowest BCUT2D eigenvalue weighted by molar-refractivity contribution is 0.102. The molecule has 1 heterocycles. The number of nitrogens with zero attached hydrogens (tertiary/aromatic N) is 1. The molecule has 0 saturated heterocycles. The second-order valence-electron chi connectivity index (χ2n) is 4.85. The summed E-state index contributed by atoms with van der Waals surface area (Å²) in [5.74, 6) is 1.38. The summed E-state index contributed by atoms with van der Waals surface area (Å²) in [6, 6.07) is 8.82. The number of ether oxygens (including phenoxy) is 2. The van der Waals surface area contributed by atoms with E-state index >= 15 is 0 Å². The monoisotopic (exact) mass is 315 g/mol. The largest absolute Gasteiger partial charge is 0.496 e. The maximum Gasteiger partial charge on any atom is 0.263 e. The molecule has 122 valence electrons. The van der Waals surface area contributed by atoms with Crippen molar-refractivity contribution >= 4 is 17.4 Å². The number of carbonyl (C=O) groups is 1. The summed E-state index contributed by atoms with van der Waals surface area (Å²) in [7, 11) is 3.03. The Kier molecular flexibility index (Phi) is 5.80. The topological polar surface area (TPSA) is 72.5 Å². The lowest BCUT2D eigenvalue weighted by Crippen LogP contribution is -2.15. The number of benzene rings is 1. The van der Waals surface area contributed by atoms with Gasteiger partial charge in [-0.3, -0.25) is 4.79 Å². The van der Waals surface area contributed by atoms with Gasteiger partial charge in [0.25, 0.3) is 5.91 Å². The van der Waals surface area contributed by atoms with E-state index in [9.17, 15) is 4.79 Å². The Morgan fingerprint density at radius 2 is 1.83 bits per heavy atom. The minimum atomic E-state index is -0.310. The molecule has 6 heteroatoms. The fraction of sp³-hybridized carbons (Fsp3) is 0.294. The molecule has 0 spiro atoms. The first-order valence-electron chi connectivity index (χ1n) is 7.41. The van der Waals surface area contributed by atoms with E-state index in [4.69, 9.17) is 9.47 Å². The third-order valence-corrected chi connectivity index (χ3v) is 3.23. The van der Waals surface area contributed by atoms with Crippen LogP contribution in [0.25, 0.3) is 0 Å². The van der Waals surface area contributed by atoms with E-state index in [1.165, 1.54) is 14.2 Å². The molecule has 0 aliphatic carbocycles. The van der Waals surface area contributed by atoms with E-state index in [-0.39, 0.29) is 5.91 Å². The summed E-state index contributed by atoms with van der Waals surface area (Å²) in [6.45, 7) is 2.94. The Bertz CT molecular complexity index is 634. The highest BCUT2D eigenvalue weighted by molar-refractivity contribution is 6.08. The molecule has 1 aromatic heterocycles. The number of carbonyl (C=O) groups excluding carboxylic acids is 1. The molecule has 1 amide bonds. The summed E-state index contributed by atoms with van der Waals surface area (Å²) in [6.07, 6.45) is 2.63. The third-order valence-electron chi connectivity index (χ3n) is 3.23. The molecule has 2 rings (SSSR count). The van der Waals surface area contributed by atoms with Crippen LogP contribution in [0.1, 0.15) is 23.7 Å². The summed E-state index contributed by atoms with van der Waals surface area (Å²) in [5, 5.41) is 5.98. The number of aromatic nitrogens is 1. The van der Waals surface area contributed by atoms with Crippen LogP contribution in [0, 0.1) is 0 Å². The van der Waals surface area contributed by atoms with Crippen LogP contribution in [0.4, 0.5) is 11.5 Å². The zero-order valence-electron chi connectivity index (χ0n) is 13.6. The Morgan fingerprint density at radius 3 is 2.35 bits per heavy atom. The summed E-state index contributed by atoms with van der Waals surface area (Å²) in [4.78, 5) is 16.8. The van der Waals surface area contributed by atoms with Crippen LogP contribution in [0.2, 0.25) is 0 Å². The van der Waals surface area contributed by atoms with Crippen LogP contribution in [-0.2, 0) is 0 Å². The molecule has 0 unspecified atom stereocenters. The number of rotatable bonds is 7. The Balaban J connectivity index is 2.16. The zero-order chi connectivity index (χ0) is 16.7. The second-order valence-corrected chi connectivity index (χ2v) is 4.85. The van der Waals surface area contributed by atoms with Crippen molar-refractivity contribution in [2.75, 3.05) is 31.4 Å². The van der Waals surface area contributed by atoms with E-state index < -0.39 is 0 Å². The molecule has 2 N–H and O–H groups in total. The van der Waals surface area contributed by atoms with Gasteiger partial charge in [0, 0.05) is 6.54 Å². The zero-order valence-corrected chi connectivity index (χ0v) is 13.6. The molecule has 0 saturated carbocycles. The van der Waals surface area contributed by atoms with E-state index in [2.05, 4.69) is 22.5 Å². The van der Waals surface area contributed by atoms with E-state index in [1.807, 2.05) is 6.07 Å². The van der Waals surface area contributed by atoms with Crippen LogP contribution < -0.4 is 20.1 Å². The summed E-state index contributed by atoms with van der Waals surface area (Å²) < 4.78 is 10.5. The predicted octanol–water partition coefficient (Wildman–Crippen LogP) is 3.17. The second kappa shape index (κ2) is 8.03. The fourth-order valence-corrected chi connectivity index (χ4v) is 2.09. The van der Waals surface area contributed by atoms with Gasteiger partial charge in [-0.05, 0) is 30.7 Å². The van der Waals surface area contributed by atoms with E-state index in [0.717, 1.165) is 18.8 Å². The molecular weight excluding hydrogens is 294 g/mol. The molecule has 6 nitrogen and oxygen atoms in total. The number of nitrogens with one attached hydrogen (secondary N) is 2. The smallest absolute Gasteiger partial charge is 0.263 e. The Labute approximate surface area is 135 Å². The highest BCUT2D eigenvalue weighted by Crippen LogP contribution is 2.29. The highest BCUT2D eigenvalue weighted by atomic mass is 16.5. The summed E-state index contributed by atoms with van der Waals surface area (Å²) >= 11 is 0. The van der Waals surface area contributed by atoms with Crippen molar-refractivity contribution in [2.24, 2.45) is 0 Å². The quantitative estimate of drug-likeness (QED) is 0.821. The minimum absolute atomic E-state index is 0.310. The number of pyridine rings is 1.